The van der Waals surface area contributed by atoms with E-state index in [9.17, 15) is 0 Å². The molecular formula is C22H30N2. The van der Waals surface area contributed by atoms with Gasteiger partial charge in [-0.05, 0) is 56.0 Å². The molecule has 2 heteroatoms. The molecule has 2 heterocycles. The summed E-state index contributed by atoms with van der Waals surface area (Å²) in [7, 11) is 0. The maximum absolute atomic E-state index is 2.75. The van der Waals surface area contributed by atoms with Crippen LogP contribution in [-0.4, -0.2) is 22.6 Å². The average Bonchev–Trinajstić information content (AvgIpc) is 2.88. The molecule has 0 radical (unpaired) electrons. The van der Waals surface area contributed by atoms with Gasteiger partial charge in [-0.2, -0.15) is 0 Å². The zero-order valence-corrected chi connectivity index (χ0v) is 15.0. The third-order valence-electron chi connectivity index (χ3n) is 5.97. The lowest BCUT2D eigenvalue weighted by Gasteiger charge is -2.28. The Bertz CT molecular complexity index is 665. The van der Waals surface area contributed by atoms with Crippen molar-refractivity contribution in [3.05, 3.63) is 47.7 Å². The summed E-state index contributed by atoms with van der Waals surface area (Å²) in [5, 5.41) is 0. The van der Waals surface area contributed by atoms with Crippen LogP contribution in [0.1, 0.15) is 62.7 Å². The lowest BCUT2D eigenvalue weighted by molar-refractivity contribution is 0.284. The van der Waals surface area contributed by atoms with E-state index >= 15 is 0 Å². The van der Waals surface area contributed by atoms with Gasteiger partial charge in [0.05, 0.1) is 0 Å². The first-order chi connectivity index (χ1) is 11.9. The molecule has 4 rings (SSSR count). The summed E-state index contributed by atoms with van der Waals surface area (Å²) in [6, 6.07) is 14.3. The normalized spacial score (nSPS) is 19.9. The van der Waals surface area contributed by atoms with Crippen molar-refractivity contribution in [2.24, 2.45) is 0 Å². The van der Waals surface area contributed by atoms with Gasteiger partial charge in [0.2, 0.25) is 0 Å². The molecule has 0 saturated heterocycles. The highest BCUT2D eigenvalue weighted by Gasteiger charge is 2.26. The molecule has 24 heavy (non-hydrogen) atoms. The quantitative estimate of drug-likeness (QED) is 0.731. The van der Waals surface area contributed by atoms with Crippen LogP contribution in [0.2, 0.25) is 0 Å². The number of hydrogen-bond acceptors (Lipinski definition) is 1. The van der Waals surface area contributed by atoms with Crippen LogP contribution in [0.5, 0.6) is 0 Å². The lowest BCUT2D eigenvalue weighted by atomic mass is 9.94. The van der Waals surface area contributed by atoms with Gasteiger partial charge < -0.3 is 4.57 Å². The Morgan fingerprint density at radius 3 is 2.54 bits per heavy atom. The summed E-state index contributed by atoms with van der Waals surface area (Å²) in [6.07, 6.45) is 9.47. The summed E-state index contributed by atoms with van der Waals surface area (Å²) in [5.41, 5.74) is 6.07. The molecule has 1 aromatic heterocycles. The molecule has 1 saturated carbocycles. The van der Waals surface area contributed by atoms with Crippen LogP contribution in [0.3, 0.4) is 0 Å². The smallest absolute Gasteiger partial charge is 0.0488 e. The molecule has 1 aliphatic heterocycles. The molecule has 0 N–H and O–H groups in total. The van der Waals surface area contributed by atoms with Crippen molar-refractivity contribution in [3.63, 3.8) is 0 Å². The monoisotopic (exact) mass is 322 g/mol. The second-order valence-electron chi connectivity index (χ2n) is 7.50. The third-order valence-corrected chi connectivity index (χ3v) is 5.97. The number of benzene rings is 1. The minimum atomic E-state index is 0.714. The van der Waals surface area contributed by atoms with E-state index in [-0.39, 0.29) is 0 Å². The zero-order valence-electron chi connectivity index (χ0n) is 15.0. The molecule has 0 bridgehead atoms. The van der Waals surface area contributed by atoms with Crippen molar-refractivity contribution >= 4 is 0 Å². The van der Waals surface area contributed by atoms with Gasteiger partial charge in [0.15, 0.2) is 0 Å². The van der Waals surface area contributed by atoms with Gasteiger partial charge in [-0.3, -0.25) is 4.90 Å². The lowest BCUT2D eigenvalue weighted by Crippen LogP contribution is -2.22. The van der Waals surface area contributed by atoms with E-state index in [4.69, 9.17) is 0 Å². The summed E-state index contributed by atoms with van der Waals surface area (Å²) >= 11 is 0. The van der Waals surface area contributed by atoms with E-state index in [2.05, 4.69) is 52.8 Å². The molecule has 1 aliphatic carbocycles. The van der Waals surface area contributed by atoms with E-state index in [1.54, 1.807) is 11.3 Å². The first kappa shape index (κ1) is 16.0. The van der Waals surface area contributed by atoms with Crippen LogP contribution in [0.25, 0.3) is 11.3 Å². The predicted octanol–water partition coefficient (Wildman–Crippen LogP) is 5.43. The largest absolute Gasteiger partial charge is 0.341 e. The summed E-state index contributed by atoms with van der Waals surface area (Å²) in [5.74, 6) is 0. The first-order valence-electron chi connectivity index (χ1n) is 9.87. The van der Waals surface area contributed by atoms with Crippen molar-refractivity contribution in [3.8, 4) is 11.3 Å². The van der Waals surface area contributed by atoms with Crippen LogP contribution in [0.4, 0.5) is 0 Å². The van der Waals surface area contributed by atoms with Crippen molar-refractivity contribution in [1.29, 1.82) is 0 Å². The van der Waals surface area contributed by atoms with Crippen molar-refractivity contribution in [2.75, 3.05) is 13.1 Å². The number of hydrogen-bond donors (Lipinski definition) is 0. The second-order valence-corrected chi connectivity index (χ2v) is 7.50. The Hall–Kier alpha value is -1.54. The van der Waals surface area contributed by atoms with Gasteiger partial charge in [0.1, 0.15) is 0 Å². The number of aromatic nitrogens is 1. The van der Waals surface area contributed by atoms with Gasteiger partial charge in [-0.1, -0.05) is 56.5 Å². The fourth-order valence-corrected chi connectivity index (χ4v) is 4.68. The SMILES string of the molecule is CCN1CCCc2c(cc(-c3ccccc3)n2C2CCCCC2)C1. The highest BCUT2D eigenvalue weighted by molar-refractivity contribution is 5.63. The molecule has 2 aliphatic rings. The van der Waals surface area contributed by atoms with E-state index < -0.39 is 0 Å². The molecule has 128 valence electrons. The fraction of sp³-hybridized carbons (Fsp3) is 0.545. The standard InChI is InChI=1S/C22H30N2/c1-2-23-15-9-14-21-19(17-23)16-22(18-10-5-3-6-11-18)24(21)20-12-7-4-8-13-20/h3,5-6,10-11,16,20H,2,4,7-9,12-15,17H2,1H3. The van der Waals surface area contributed by atoms with Crippen molar-refractivity contribution in [2.45, 2.75) is 64.5 Å². The average molecular weight is 322 g/mol. The second kappa shape index (κ2) is 7.14. The Balaban J connectivity index is 1.80. The minimum absolute atomic E-state index is 0.714. The molecule has 0 unspecified atom stereocenters. The van der Waals surface area contributed by atoms with Gasteiger partial charge in [0.25, 0.3) is 0 Å². The molecule has 0 spiro atoms. The molecule has 1 aromatic carbocycles. The highest BCUT2D eigenvalue weighted by atomic mass is 15.1. The van der Waals surface area contributed by atoms with Gasteiger partial charge in [0, 0.05) is 24.0 Å². The molecule has 0 atom stereocenters. The predicted molar refractivity (Wildman–Crippen MR) is 101 cm³/mol. The molecule has 2 aromatic rings. The van der Waals surface area contributed by atoms with E-state index in [0.717, 1.165) is 13.1 Å². The van der Waals surface area contributed by atoms with Gasteiger partial charge in [-0.25, -0.2) is 0 Å². The number of rotatable bonds is 3. The Kier molecular flexibility index (Phi) is 4.75. The van der Waals surface area contributed by atoms with E-state index in [1.807, 2.05) is 0 Å². The fourth-order valence-electron chi connectivity index (χ4n) is 4.68. The van der Waals surface area contributed by atoms with Crippen LogP contribution >= 0.6 is 0 Å². The molecular weight excluding hydrogens is 292 g/mol. The third kappa shape index (κ3) is 3.04. The van der Waals surface area contributed by atoms with E-state index in [1.165, 1.54) is 62.7 Å². The summed E-state index contributed by atoms with van der Waals surface area (Å²) < 4.78 is 2.75. The van der Waals surface area contributed by atoms with Crippen molar-refractivity contribution in [1.82, 2.24) is 9.47 Å². The molecule has 2 nitrogen and oxygen atoms in total. The van der Waals surface area contributed by atoms with Crippen LogP contribution in [0, 0.1) is 0 Å². The number of nitrogens with zero attached hydrogens (tertiary/aromatic N) is 2. The Labute approximate surface area is 146 Å². The summed E-state index contributed by atoms with van der Waals surface area (Å²) in [4.78, 5) is 2.60. The maximum Gasteiger partial charge on any atom is 0.0488 e. The Morgan fingerprint density at radius 2 is 1.79 bits per heavy atom. The zero-order chi connectivity index (χ0) is 16.4. The molecule has 0 amide bonds. The maximum atomic E-state index is 2.75. The first-order valence-corrected chi connectivity index (χ1v) is 9.87. The van der Waals surface area contributed by atoms with Crippen molar-refractivity contribution < 1.29 is 0 Å². The highest BCUT2D eigenvalue weighted by Crippen LogP contribution is 2.38. The summed E-state index contributed by atoms with van der Waals surface area (Å²) in [6.45, 7) is 5.83. The Morgan fingerprint density at radius 1 is 1.00 bits per heavy atom. The molecule has 1 fully saturated rings. The van der Waals surface area contributed by atoms with Crippen LogP contribution in [-0.2, 0) is 13.0 Å². The van der Waals surface area contributed by atoms with Crippen LogP contribution < -0.4 is 0 Å². The minimum Gasteiger partial charge on any atom is -0.341 e. The van der Waals surface area contributed by atoms with Gasteiger partial charge >= 0.3 is 0 Å². The van der Waals surface area contributed by atoms with E-state index in [0.29, 0.717) is 6.04 Å². The topological polar surface area (TPSA) is 8.17 Å². The number of fused-ring (bicyclic) bond motifs is 1. The van der Waals surface area contributed by atoms with Crippen LogP contribution in [0.15, 0.2) is 36.4 Å². The van der Waals surface area contributed by atoms with Gasteiger partial charge in [-0.15, -0.1) is 0 Å².